The lowest BCUT2D eigenvalue weighted by Gasteiger charge is -2.06. The van der Waals surface area contributed by atoms with E-state index < -0.39 is 4.92 Å². The molecule has 0 atom stereocenters. The van der Waals surface area contributed by atoms with E-state index in [1.165, 1.54) is 25.4 Å². The van der Waals surface area contributed by atoms with Crippen molar-refractivity contribution in [2.45, 2.75) is 0 Å². The minimum Gasteiger partial charge on any atom is -0.490 e. The third kappa shape index (κ3) is 3.11. The van der Waals surface area contributed by atoms with Gasteiger partial charge >= 0.3 is 5.69 Å². The summed E-state index contributed by atoms with van der Waals surface area (Å²) in [5.41, 5.74) is -0.172. The summed E-state index contributed by atoms with van der Waals surface area (Å²) in [7, 11) is 1.36. The molecule has 0 N–H and O–H groups in total. The number of ether oxygens (including phenoxy) is 2. The summed E-state index contributed by atoms with van der Waals surface area (Å²) < 4.78 is 10.3. The van der Waals surface area contributed by atoms with Crippen molar-refractivity contribution in [2.75, 3.05) is 7.11 Å². The minimum atomic E-state index is -0.541. The molecule has 98 valence electrons. The Balaban J connectivity index is 2.28. The maximum absolute atomic E-state index is 10.9. The van der Waals surface area contributed by atoms with Crippen LogP contribution in [-0.2, 0) is 0 Å². The van der Waals surface area contributed by atoms with Crippen LogP contribution < -0.4 is 9.47 Å². The van der Waals surface area contributed by atoms with Gasteiger partial charge in [0.25, 0.3) is 0 Å². The second-order valence-electron chi connectivity index (χ2n) is 3.51. The zero-order valence-corrected chi connectivity index (χ0v) is 10.6. The van der Waals surface area contributed by atoms with Gasteiger partial charge in [-0.15, -0.1) is 0 Å². The average molecular weight is 281 g/mol. The molecule has 19 heavy (non-hydrogen) atoms. The fraction of sp³-hybridized carbons (Fsp3) is 0.0833. The van der Waals surface area contributed by atoms with Crippen molar-refractivity contribution >= 4 is 17.3 Å². The van der Waals surface area contributed by atoms with Gasteiger partial charge in [0.05, 0.1) is 23.1 Å². The van der Waals surface area contributed by atoms with Crippen molar-refractivity contribution in [2.24, 2.45) is 0 Å². The third-order valence-corrected chi connectivity index (χ3v) is 2.49. The van der Waals surface area contributed by atoms with E-state index in [1.807, 2.05) is 0 Å². The molecule has 2 rings (SSSR count). The number of nitro groups is 1. The number of methoxy groups -OCH3 is 1. The van der Waals surface area contributed by atoms with Crippen molar-refractivity contribution in [3.63, 3.8) is 0 Å². The van der Waals surface area contributed by atoms with Gasteiger partial charge < -0.3 is 9.47 Å². The molecule has 0 amide bonds. The molecule has 1 aromatic heterocycles. The Morgan fingerprint density at radius 1 is 1.32 bits per heavy atom. The molecule has 0 aliphatic carbocycles. The molecule has 1 heterocycles. The quantitative estimate of drug-likeness (QED) is 0.633. The Morgan fingerprint density at radius 2 is 2.11 bits per heavy atom. The van der Waals surface area contributed by atoms with Gasteiger partial charge in [0.1, 0.15) is 5.75 Å². The zero-order valence-electron chi connectivity index (χ0n) is 9.87. The molecule has 7 heteroatoms. The predicted octanol–water partition coefficient (Wildman–Crippen LogP) is 3.44. The highest BCUT2D eigenvalue weighted by Gasteiger charge is 2.16. The first kappa shape index (κ1) is 13.1. The summed E-state index contributed by atoms with van der Waals surface area (Å²) in [5, 5.41) is 11.3. The van der Waals surface area contributed by atoms with Crippen LogP contribution in [0.25, 0.3) is 0 Å². The average Bonchev–Trinajstić information content (AvgIpc) is 2.41. The standard InChI is InChI=1S/C12H9ClN2O4/c1-18-11-4-3-9(6-10(11)15(16)17)19-12-5-2-8(13)7-14-12/h2-7H,1H3. The smallest absolute Gasteiger partial charge is 0.314 e. The number of pyridine rings is 1. The Bertz CT molecular complexity index is 601. The largest absolute Gasteiger partial charge is 0.490 e. The van der Waals surface area contributed by atoms with Gasteiger partial charge in [0.2, 0.25) is 5.88 Å². The Morgan fingerprint density at radius 3 is 2.68 bits per heavy atom. The van der Waals surface area contributed by atoms with E-state index in [1.54, 1.807) is 18.2 Å². The summed E-state index contributed by atoms with van der Waals surface area (Å²) in [6, 6.07) is 7.47. The second-order valence-corrected chi connectivity index (χ2v) is 3.94. The minimum absolute atomic E-state index is 0.168. The van der Waals surface area contributed by atoms with Gasteiger partial charge in [-0.05, 0) is 18.2 Å². The van der Waals surface area contributed by atoms with Crippen molar-refractivity contribution in [3.05, 3.63) is 51.7 Å². The fourth-order valence-corrected chi connectivity index (χ4v) is 1.53. The molecule has 0 aliphatic rings. The molecule has 2 aromatic rings. The summed E-state index contributed by atoms with van der Waals surface area (Å²) >= 11 is 5.70. The van der Waals surface area contributed by atoms with Crippen LogP contribution in [0.15, 0.2) is 36.5 Å². The lowest BCUT2D eigenvalue weighted by Crippen LogP contribution is -1.95. The molecule has 0 bridgehead atoms. The van der Waals surface area contributed by atoms with Crippen LogP contribution in [-0.4, -0.2) is 17.0 Å². The molecular formula is C12H9ClN2O4. The Kier molecular flexibility index (Phi) is 3.82. The Hall–Kier alpha value is -2.34. The van der Waals surface area contributed by atoms with Gasteiger partial charge in [-0.2, -0.15) is 0 Å². The van der Waals surface area contributed by atoms with E-state index >= 15 is 0 Å². The molecule has 0 spiro atoms. The number of nitro benzene ring substituents is 1. The molecule has 0 saturated carbocycles. The van der Waals surface area contributed by atoms with Gasteiger partial charge in [0.15, 0.2) is 5.75 Å². The van der Waals surface area contributed by atoms with Crippen LogP contribution in [0.1, 0.15) is 0 Å². The highest BCUT2D eigenvalue weighted by Crippen LogP contribution is 2.32. The summed E-state index contributed by atoms with van der Waals surface area (Å²) in [6.07, 6.45) is 1.43. The number of rotatable bonds is 4. The molecule has 0 aliphatic heterocycles. The second kappa shape index (κ2) is 5.53. The summed E-state index contributed by atoms with van der Waals surface area (Å²) in [6.45, 7) is 0. The van der Waals surface area contributed by atoms with E-state index in [0.29, 0.717) is 16.7 Å². The normalized spacial score (nSPS) is 10.0. The highest BCUT2D eigenvalue weighted by atomic mass is 35.5. The molecule has 0 saturated heterocycles. The van der Waals surface area contributed by atoms with Crippen LogP contribution in [0.4, 0.5) is 5.69 Å². The molecular weight excluding hydrogens is 272 g/mol. The lowest BCUT2D eigenvalue weighted by molar-refractivity contribution is -0.385. The van der Waals surface area contributed by atoms with Crippen LogP contribution in [0, 0.1) is 10.1 Å². The van der Waals surface area contributed by atoms with Crippen molar-refractivity contribution < 1.29 is 14.4 Å². The number of benzene rings is 1. The topological polar surface area (TPSA) is 74.5 Å². The van der Waals surface area contributed by atoms with Crippen LogP contribution >= 0.6 is 11.6 Å². The van der Waals surface area contributed by atoms with Crippen molar-refractivity contribution in [1.82, 2.24) is 4.98 Å². The molecule has 0 unspecified atom stereocenters. The zero-order chi connectivity index (χ0) is 13.8. The number of aromatic nitrogens is 1. The van der Waals surface area contributed by atoms with Crippen LogP contribution in [0.2, 0.25) is 5.02 Å². The number of nitrogens with zero attached hydrogens (tertiary/aromatic N) is 2. The molecule has 0 radical (unpaired) electrons. The van der Waals surface area contributed by atoms with Crippen molar-refractivity contribution in [1.29, 1.82) is 0 Å². The number of hydrogen-bond acceptors (Lipinski definition) is 5. The van der Waals surface area contributed by atoms with E-state index in [-0.39, 0.29) is 11.4 Å². The first-order valence-corrected chi connectivity index (χ1v) is 5.60. The summed E-state index contributed by atoms with van der Waals surface area (Å²) in [5.74, 6) is 0.757. The third-order valence-electron chi connectivity index (χ3n) is 2.27. The first-order valence-electron chi connectivity index (χ1n) is 5.22. The van der Waals surface area contributed by atoms with Crippen LogP contribution in [0.3, 0.4) is 0 Å². The summed E-state index contributed by atoms with van der Waals surface area (Å²) in [4.78, 5) is 14.3. The van der Waals surface area contributed by atoms with Crippen molar-refractivity contribution in [3.8, 4) is 17.4 Å². The van der Waals surface area contributed by atoms with E-state index in [9.17, 15) is 10.1 Å². The first-order chi connectivity index (χ1) is 9.10. The van der Waals surface area contributed by atoms with E-state index in [0.717, 1.165) is 0 Å². The lowest BCUT2D eigenvalue weighted by atomic mass is 10.3. The molecule has 0 fully saturated rings. The number of hydrogen-bond donors (Lipinski definition) is 0. The maximum Gasteiger partial charge on any atom is 0.314 e. The van der Waals surface area contributed by atoms with Gasteiger partial charge in [0, 0.05) is 12.3 Å². The predicted molar refractivity (Wildman–Crippen MR) is 69.0 cm³/mol. The van der Waals surface area contributed by atoms with E-state index in [4.69, 9.17) is 21.1 Å². The SMILES string of the molecule is COc1ccc(Oc2ccc(Cl)cn2)cc1[N+](=O)[O-]. The van der Waals surface area contributed by atoms with E-state index in [2.05, 4.69) is 4.98 Å². The number of halogens is 1. The van der Waals surface area contributed by atoms with Gasteiger partial charge in [-0.3, -0.25) is 10.1 Å². The highest BCUT2D eigenvalue weighted by molar-refractivity contribution is 6.30. The maximum atomic E-state index is 10.9. The molecule has 6 nitrogen and oxygen atoms in total. The van der Waals surface area contributed by atoms with Crippen LogP contribution in [0.5, 0.6) is 17.4 Å². The van der Waals surface area contributed by atoms with Gasteiger partial charge in [-0.1, -0.05) is 11.6 Å². The monoisotopic (exact) mass is 280 g/mol. The Labute approximate surface area is 113 Å². The fourth-order valence-electron chi connectivity index (χ4n) is 1.42. The van der Waals surface area contributed by atoms with Gasteiger partial charge in [-0.25, -0.2) is 4.98 Å². The molecule has 1 aromatic carbocycles.